The molecule has 19 heavy (non-hydrogen) atoms. The van der Waals surface area contributed by atoms with Crippen LogP contribution in [-0.2, 0) is 0 Å². The lowest BCUT2D eigenvalue weighted by molar-refractivity contribution is 0.191. The van der Waals surface area contributed by atoms with Crippen molar-refractivity contribution in [3.8, 4) is 6.07 Å². The van der Waals surface area contributed by atoms with Crippen LogP contribution < -0.4 is 11.1 Å². The fourth-order valence-electron chi connectivity index (χ4n) is 1.62. The molecular weight excluding hydrogens is 240 g/mol. The Morgan fingerprint density at radius 3 is 2.58 bits per heavy atom. The molecule has 96 valence electrons. The molecule has 0 aliphatic rings. The maximum Gasteiger partial charge on any atom is 0.140 e. The lowest BCUT2D eigenvalue weighted by Gasteiger charge is -2.13. The summed E-state index contributed by atoms with van der Waals surface area (Å²) in [4.78, 5) is 3.94. The number of nitriles is 1. The summed E-state index contributed by atoms with van der Waals surface area (Å²) in [5, 5.41) is 21.7. The second-order valence-electron chi connectivity index (χ2n) is 4.11. The molecule has 0 bridgehead atoms. The van der Waals surface area contributed by atoms with Crippen molar-refractivity contribution in [2.75, 3.05) is 17.6 Å². The highest BCUT2D eigenvalue weighted by atomic mass is 16.3. The van der Waals surface area contributed by atoms with Crippen molar-refractivity contribution in [2.45, 2.75) is 6.10 Å². The van der Waals surface area contributed by atoms with E-state index in [1.165, 1.54) is 0 Å². The van der Waals surface area contributed by atoms with Gasteiger partial charge < -0.3 is 16.2 Å². The van der Waals surface area contributed by atoms with Crippen LogP contribution in [0.15, 0.2) is 42.6 Å². The molecule has 1 heterocycles. The first-order valence-corrected chi connectivity index (χ1v) is 5.82. The maximum absolute atomic E-state index is 10.00. The van der Waals surface area contributed by atoms with Crippen LogP contribution in [0, 0.1) is 11.3 Å². The number of aliphatic hydroxyl groups excluding tert-OH is 1. The van der Waals surface area contributed by atoms with E-state index in [1.54, 1.807) is 42.6 Å². The third-order valence-corrected chi connectivity index (χ3v) is 2.70. The second-order valence-corrected chi connectivity index (χ2v) is 4.11. The number of aromatic nitrogens is 1. The van der Waals surface area contributed by atoms with E-state index in [0.717, 1.165) is 11.3 Å². The quantitative estimate of drug-likeness (QED) is 0.721. The molecule has 5 nitrogen and oxygen atoms in total. The van der Waals surface area contributed by atoms with Crippen LogP contribution in [0.4, 0.5) is 11.4 Å². The summed E-state index contributed by atoms with van der Waals surface area (Å²) in [5.74, 6) is 0. The molecular formula is C14H14N4O. The summed E-state index contributed by atoms with van der Waals surface area (Å²) in [6.45, 7) is 0.359. The maximum atomic E-state index is 10.00. The van der Waals surface area contributed by atoms with Gasteiger partial charge in [-0.25, -0.2) is 4.98 Å². The molecule has 0 aliphatic carbocycles. The SMILES string of the molecule is N#Cc1ccc(NCC(O)c2ccc(N)cc2)cn1. The molecule has 2 aromatic rings. The Bertz CT molecular complexity index is 572. The molecule has 0 saturated carbocycles. The van der Waals surface area contributed by atoms with Crippen LogP contribution in [0.25, 0.3) is 0 Å². The number of pyridine rings is 1. The molecule has 0 amide bonds. The lowest BCUT2D eigenvalue weighted by Crippen LogP contribution is -2.12. The highest BCUT2D eigenvalue weighted by molar-refractivity contribution is 5.44. The standard InChI is InChI=1S/C14H14N4O/c15-7-12-5-6-13(8-17-12)18-9-14(19)10-1-3-11(16)4-2-10/h1-6,8,14,18-19H,9,16H2. The highest BCUT2D eigenvalue weighted by Gasteiger charge is 2.06. The second kappa shape index (κ2) is 5.85. The molecule has 1 aromatic carbocycles. The van der Waals surface area contributed by atoms with Crippen molar-refractivity contribution in [2.24, 2.45) is 0 Å². The Balaban J connectivity index is 1.94. The molecule has 1 unspecified atom stereocenters. The van der Waals surface area contributed by atoms with Gasteiger partial charge in [0.25, 0.3) is 0 Å². The van der Waals surface area contributed by atoms with E-state index < -0.39 is 6.10 Å². The van der Waals surface area contributed by atoms with E-state index in [9.17, 15) is 5.11 Å². The van der Waals surface area contributed by atoms with E-state index in [-0.39, 0.29) is 0 Å². The Kier molecular flexibility index (Phi) is 3.96. The first-order chi connectivity index (χ1) is 9.19. The van der Waals surface area contributed by atoms with Gasteiger partial charge in [0.2, 0.25) is 0 Å². The van der Waals surface area contributed by atoms with Gasteiger partial charge in [-0.3, -0.25) is 0 Å². The number of nitrogens with one attached hydrogen (secondary N) is 1. The van der Waals surface area contributed by atoms with Gasteiger partial charge in [-0.15, -0.1) is 0 Å². The Labute approximate surface area is 111 Å². The largest absolute Gasteiger partial charge is 0.399 e. The van der Waals surface area contributed by atoms with Crippen LogP contribution in [0.1, 0.15) is 17.4 Å². The van der Waals surface area contributed by atoms with Gasteiger partial charge in [0.15, 0.2) is 0 Å². The lowest BCUT2D eigenvalue weighted by atomic mass is 10.1. The third kappa shape index (κ3) is 3.44. The van der Waals surface area contributed by atoms with Crippen LogP contribution in [0.2, 0.25) is 0 Å². The van der Waals surface area contributed by atoms with E-state index in [0.29, 0.717) is 17.9 Å². The zero-order valence-electron chi connectivity index (χ0n) is 10.2. The number of nitrogen functional groups attached to an aromatic ring is 1. The van der Waals surface area contributed by atoms with Crippen molar-refractivity contribution in [1.82, 2.24) is 4.98 Å². The predicted octanol–water partition coefficient (Wildman–Crippen LogP) is 1.68. The van der Waals surface area contributed by atoms with E-state index in [2.05, 4.69) is 10.3 Å². The van der Waals surface area contributed by atoms with Gasteiger partial charge in [0, 0.05) is 12.2 Å². The smallest absolute Gasteiger partial charge is 0.140 e. The number of hydrogen-bond donors (Lipinski definition) is 3. The molecule has 1 aromatic heterocycles. The summed E-state index contributed by atoms with van der Waals surface area (Å²) in [5.41, 5.74) is 8.17. The van der Waals surface area contributed by atoms with E-state index in [4.69, 9.17) is 11.0 Å². The van der Waals surface area contributed by atoms with Crippen molar-refractivity contribution in [3.05, 3.63) is 53.9 Å². The summed E-state index contributed by atoms with van der Waals surface area (Å²) < 4.78 is 0. The van der Waals surface area contributed by atoms with Crippen molar-refractivity contribution < 1.29 is 5.11 Å². The number of rotatable bonds is 4. The fourth-order valence-corrected chi connectivity index (χ4v) is 1.62. The first-order valence-electron chi connectivity index (χ1n) is 5.82. The van der Waals surface area contributed by atoms with Crippen LogP contribution in [0.3, 0.4) is 0 Å². The first kappa shape index (κ1) is 12.9. The molecule has 2 rings (SSSR count). The number of benzene rings is 1. The van der Waals surface area contributed by atoms with Crippen molar-refractivity contribution in [3.63, 3.8) is 0 Å². The molecule has 0 saturated heterocycles. The Hall–Kier alpha value is -2.58. The predicted molar refractivity (Wildman–Crippen MR) is 73.3 cm³/mol. The van der Waals surface area contributed by atoms with Gasteiger partial charge >= 0.3 is 0 Å². The summed E-state index contributed by atoms with van der Waals surface area (Å²) in [7, 11) is 0. The van der Waals surface area contributed by atoms with Gasteiger partial charge in [-0.1, -0.05) is 12.1 Å². The molecule has 1 atom stereocenters. The van der Waals surface area contributed by atoms with Gasteiger partial charge in [-0.05, 0) is 29.8 Å². The molecule has 0 radical (unpaired) electrons. The minimum Gasteiger partial charge on any atom is -0.399 e. The topological polar surface area (TPSA) is 95.0 Å². The van der Waals surface area contributed by atoms with Crippen LogP contribution >= 0.6 is 0 Å². The molecule has 5 heteroatoms. The van der Waals surface area contributed by atoms with Crippen molar-refractivity contribution in [1.29, 1.82) is 5.26 Å². The zero-order valence-corrected chi connectivity index (χ0v) is 10.2. The number of nitrogens with zero attached hydrogens (tertiary/aromatic N) is 2. The highest BCUT2D eigenvalue weighted by Crippen LogP contribution is 2.16. The summed E-state index contributed by atoms with van der Waals surface area (Å²) in [6.07, 6.45) is 0.935. The molecule has 0 spiro atoms. The van der Waals surface area contributed by atoms with Gasteiger partial charge in [0.1, 0.15) is 11.8 Å². The number of aliphatic hydroxyl groups is 1. The normalized spacial score (nSPS) is 11.6. The average Bonchev–Trinajstić information content (AvgIpc) is 2.46. The fraction of sp³-hybridized carbons (Fsp3) is 0.143. The van der Waals surface area contributed by atoms with E-state index in [1.807, 2.05) is 6.07 Å². The third-order valence-electron chi connectivity index (χ3n) is 2.70. The summed E-state index contributed by atoms with van der Waals surface area (Å²) >= 11 is 0. The number of hydrogen-bond acceptors (Lipinski definition) is 5. The van der Waals surface area contributed by atoms with Crippen molar-refractivity contribution >= 4 is 11.4 Å². The zero-order chi connectivity index (χ0) is 13.7. The number of anilines is 2. The minimum atomic E-state index is -0.628. The molecule has 4 N–H and O–H groups in total. The Morgan fingerprint density at radius 1 is 1.26 bits per heavy atom. The van der Waals surface area contributed by atoms with E-state index >= 15 is 0 Å². The molecule has 0 aliphatic heterocycles. The van der Waals surface area contributed by atoms with Crippen LogP contribution in [0.5, 0.6) is 0 Å². The monoisotopic (exact) mass is 254 g/mol. The minimum absolute atomic E-state index is 0.359. The molecule has 0 fully saturated rings. The summed E-state index contributed by atoms with van der Waals surface area (Å²) in [6, 6.07) is 12.4. The van der Waals surface area contributed by atoms with Crippen LogP contribution in [-0.4, -0.2) is 16.6 Å². The van der Waals surface area contributed by atoms with Gasteiger partial charge in [-0.2, -0.15) is 5.26 Å². The van der Waals surface area contributed by atoms with Gasteiger partial charge in [0.05, 0.1) is 18.0 Å². The number of nitrogens with two attached hydrogens (primary N) is 1. The Morgan fingerprint density at radius 2 is 2.00 bits per heavy atom. The average molecular weight is 254 g/mol.